The molecule has 0 saturated carbocycles. The van der Waals surface area contributed by atoms with Gasteiger partial charge in [-0.15, -0.1) is 0 Å². The predicted molar refractivity (Wildman–Crippen MR) is 83.4 cm³/mol. The van der Waals surface area contributed by atoms with Gasteiger partial charge >= 0.3 is 0 Å². The van der Waals surface area contributed by atoms with E-state index in [-0.39, 0.29) is 5.54 Å². The fourth-order valence-corrected chi connectivity index (χ4v) is 2.80. The minimum atomic E-state index is 0.0594. The first-order chi connectivity index (χ1) is 9.38. The van der Waals surface area contributed by atoms with E-state index in [1.807, 2.05) is 12.1 Å². The number of ether oxygens (including phenoxy) is 2. The minimum Gasteiger partial charge on any atom is -0.495 e. The minimum absolute atomic E-state index is 0.0594. The molecule has 1 N–H and O–H groups in total. The molecule has 1 heterocycles. The number of nitrogens with zero attached hydrogens (tertiary/aromatic N) is 1. The van der Waals surface area contributed by atoms with Crippen molar-refractivity contribution in [3.8, 4) is 11.5 Å². The number of benzene rings is 1. The van der Waals surface area contributed by atoms with E-state index in [4.69, 9.17) is 21.1 Å². The maximum atomic E-state index is 6.27. The van der Waals surface area contributed by atoms with Crippen LogP contribution in [0.15, 0.2) is 12.1 Å². The van der Waals surface area contributed by atoms with Gasteiger partial charge in [0.2, 0.25) is 0 Å². The summed E-state index contributed by atoms with van der Waals surface area (Å²) in [7, 11) is 3.28. The van der Waals surface area contributed by atoms with Gasteiger partial charge in [-0.3, -0.25) is 0 Å². The van der Waals surface area contributed by atoms with Gasteiger partial charge in [-0.2, -0.15) is 0 Å². The normalized spacial score (nSPS) is 21.7. The molecule has 1 saturated heterocycles. The van der Waals surface area contributed by atoms with E-state index < -0.39 is 0 Å². The van der Waals surface area contributed by atoms with Gasteiger partial charge in [-0.05, 0) is 26.8 Å². The highest BCUT2D eigenvalue weighted by Gasteiger charge is 2.32. The standard InChI is InChI=1S/C15H23ClN2O2/c1-10-8-17-15(2,3)9-18(10)12-6-11(16)13(19-4)7-14(12)20-5/h6-7,10,17H,8-9H2,1-5H3. The molecule has 1 atom stereocenters. The Kier molecular flexibility index (Phi) is 4.35. The second-order valence-corrected chi connectivity index (χ2v) is 6.31. The number of halogens is 1. The van der Waals surface area contributed by atoms with E-state index >= 15 is 0 Å². The molecule has 0 spiro atoms. The van der Waals surface area contributed by atoms with Gasteiger partial charge in [0.05, 0.1) is 24.9 Å². The molecule has 112 valence electrons. The molecule has 0 aliphatic carbocycles. The number of anilines is 1. The number of rotatable bonds is 3. The van der Waals surface area contributed by atoms with Crippen molar-refractivity contribution in [3.05, 3.63) is 17.2 Å². The third kappa shape index (κ3) is 2.96. The summed E-state index contributed by atoms with van der Waals surface area (Å²) < 4.78 is 10.8. The first kappa shape index (κ1) is 15.3. The van der Waals surface area contributed by atoms with Crippen LogP contribution in [0, 0.1) is 0 Å². The van der Waals surface area contributed by atoms with Crippen LogP contribution in [0.4, 0.5) is 5.69 Å². The Morgan fingerprint density at radius 2 is 1.90 bits per heavy atom. The van der Waals surface area contributed by atoms with Crippen molar-refractivity contribution in [1.82, 2.24) is 5.32 Å². The average Bonchev–Trinajstić information content (AvgIpc) is 2.41. The third-order valence-corrected chi connectivity index (χ3v) is 4.03. The summed E-state index contributed by atoms with van der Waals surface area (Å²) in [5.41, 5.74) is 1.07. The molecule has 1 fully saturated rings. The van der Waals surface area contributed by atoms with Gasteiger partial charge in [-0.25, -0.2) is 0 Å². The van der Waals surface area contributed by atoms with Crippen LogP contribution in [0.3, 0.4) is 0 Å². The van der Waals surface area contributed by atoms with Gasteiger partial charge in [0.1, 0.15) is 11.5 Å². The molecule has 0 bridgehead atoms. The van der Waals surface area contributed by atoms with E-state index in [2.05, 4.69) is 31.0 Å². The maximum Gasteiger partial charge on any atom is 0.145 e. The molecule has 0 aromatic heterocycles. The summed E-state index contributed by atoms with van der Waals surface area (Å²) >= 11 is 6.27. The summed E-state index contributed by atoms with van der Waals surface area (Å²) in [5, 5.41) is 4.15. The lowest BCUT2D eigenvalue weighted by molar-refractivity contribution is 0.314. The fourth-order valence-electron chi connectivity index (χ4n) is 2.56. The van der Waals surface area contributed by atoms with Crippen LogP contribution in [0.2, 0.25) is 5.02 Å². The largest absolute Gasteiger partial charge is 0.495 e. The average molecular weight is 299 g/mol. The molecule has 1 unspecified atom stereocenters. The molecule has 4 nitrogen and oxygen atoms in total. The second kappa shape index (κ2) is 5.70. The van der Waals surface area contributed by atoms with E-state index in [9.17, 15) is 0 Å². The van der Waals surface area contributed by atoms with Crippen LogP contribution >= 0.6 is 11.6 Å². The lowest BCUT2D eigenvalue weighted by Crippen LogP contribution is -2.61. The lowest BCUT2D eigenvalue weighted by atomic mass is 9.98. The Balaban J connectivity index is 2.42. The molecule has 0 radical (unpaired) electrons. The van der Waals surface area contributed by atoms with Gasteiger partial charge in [0.15, 0.2) is 0 Å². The van der Waals surface area contributed by atoms with Crippen LogP contribution in [-0.4, -0.2) is 38.9 Å². The number of nitrogens with one attached hydrogen (secondary N) is 1. The van der Waals surface area contributed by atoms with Crippen molar-refractivity contribution >= 4 is 17.3 Å². The summed E-state index contributed by atoms with van der Waals surface area (Å²) in [6.45, 7) is 8.42. The predicted octanol–water partition coefficient (Wildman–Crippen LogP) is 2.93. The second-order valence-electron chi connectivity index (χ2n) is 5.90. The molecule has 1 aliphatic rings. The van der Waals surface area contributed by atoms with E-state index in [0.717, 1.165) is 24.5 Å². The number of piperazine rings is 1. The molecule has 5 heteroatoms. The monoisotopic (exact) mass is 298 g/mol. The molecular weight excluding hydrogens is 276 g/mol. The van der Waals surface area contributed by atoms with Gasteiger partial charge in [-0.1, -0.05) is 11.6 Å². The van der Waals surface area contributed by atoms with Crippen molar-refractivity contribution in [3.63, 3.8) is 0 Å². The number of hydrogen-bond acceptors (Lipinski definition) is 4. The Bertz CT molecular complexity index is 491. The summed E-state index contributed by atoms with van der Waals surface area (Å²) in [6.07, 6.45) is 0. The van der Waals surface area contributed by atoms with Crippen LogP contribution in [0.1, 0.15) is 20.8 Å². The molecule has 1 aliphatic heterocycles. The number of hydrogen-bond donors (Lipinski definition) is 1. The Hall–Kier alpha value is -1.13. The SMILES string of the molecule is COc1cc(OC)c(N2CC(C)(C)NCC2C)cc1Cl. The van der Waals surface area contributed by atoms with E-state index in [1.165, 1.54) is 0 Å². The highest BCUT2D eigenvalue weighted by molar-refractivity contribution is 6.32. The van der Waals surface area contributed by atoms with Crippen molar-refractivity contribution in [2.75, 3.05) is 32.2 Å². The first-order valence-corrected chi connectivity index (χ1v) is 7.19. The molecular formula is C15H23ClN2O2. The molecule has 2 rings (SSSR count). The number of methoxy groups -OCH3 is 2. The van der Waals surface area contributed by atoms with Crippen molar-refractivity contribution in [2.24, 2.45) is 0 Å². The highest BCUT2D eigenvalue weighted by atomic mass is 35.5. The van der Waals surface area contributed by atoms with Gasteiger partial charge in [0.25, 0.3) is 0 Å². The van der Waals surface area contributed by atoms with Gasteiger partial charge < -0.3 is 19.7 Å². The maximum absolute atomic E-state index is 6.27. The molecule has 20 heavy (non-hydrogen) atoms. The van der Waals surface area contributed by atoms with Crippen molar-refractivity contribution in [2.45, 2.75) is 32.4 Å². The van der Waals surface area contributed by atoms with Crippen LogP contribution < -0.4 is 19.7 Å². The molecule has 1 aromatic carbocycles. The zero-order chi connectivity index (χ0) is 14.9. The highest BCUT2D eigenvalue weighted by Crippen LogP contribution is 2.39. The van der Waals surface area contributed by atoms with E-state index in [1.54, 1.807) is 14.2 Å². The summed E-state index contributed by atoms with van der Waals surface area (Å²) in [4.78, 5) is 2.33. The Morgan fingerprint density at radius 1 is 1.25 bits per heavy atom. The zero-order valence-electron chi connectivity index (χ0n) is 12.8. The van der Waals surface area contributed by atoms with Crippen molar-refractivity contribution < 1.29 is 9.47 Å². The quantitative estimate of drug-likeness (QED) is 0.930. The topological polar surface area (TPSA) is 33.7 Å². The van der Waals surface area contributed by atoms with Crippen LogP contribution in [0.25, 0.3) is 0 Å². The summed E-state index contributed by atoms with van der Waals surface area (Å²) in [6, 6.07) is 4.15. The van der Waals surface area contributed by atoms with Gasteiger partial charge in [0, 0.05) is 30.7 Å². The first-order valence-electron chi connectivity index (χ1n) is 6.81. The zero-order valence-corrected chi connectivity index (χ0v) is 13.5. The van der Waals surface area contributed by atoms with Crippen LogP contribution in [-0.2, 0) is 0 Å². The lowest BCUT2D eigenvalue weighted by Gasteiger charge is -2.45. The van der Waals surface area contributed by atoms with Crippen molar-refractivity contribution in [1.29, 1.82) is 0 Å². The fraction of sp³-hybridized carbons (Fsp3) is 0.600. The third-order valence-electron chi connectivity index (χ3n) is 3.74. The smallest absolute Gasteiger partial charge is 0.145 e. The van der Waals surface area contributed by atoms with Crippen LogP contribution in [0.5, 0.6) is 11.5 Å². The molecule has 1 aromatic rings. The Labute approximate surface area is 126 Å². The summed E-state index contributed by atoms with van der Waals surface area (Å²) in [5.74, 6) is 1.42. The molecule has 0 amide bonds. The Morgan fingerprint density at radius 3 is 2.50 bits per heavy atom. The van der Waals surface area contributed by atoms with E-state index in [0.29, 0.717) is 16.8 Å².